The Morgan fingerprint density at radius 1 is 1.19 bits per heavy atom. The van der Waals surface area contributed by atoms with Crippen LogP contribution in [0.2, 0.25) is 0 Å². The van der Waals surface area contributed by atoms with Crippen LogP contribution in [0, 0.1) is 0 Å². The SMILES string of the molecule is CC(=O)Nc1cccc(-c2c[nH]c(=O)c3c2CCCC3)c1. The first kappa shape index (κ1) is 13.6. The monoisotopic (exact) mass is 282 g/mol. The van der Waals surface area contributed by atoms with Gasteiger partial charge in [0.15, 0.2) is 0 Å². The maximum atomic E-state index is 11.9. The molecule has 2 aromatic rings. The summed E-state index contributed by atoms with van der Waals surface area (Å²) in [7, 11) is 0. The first-order valence-corrected chi connectivity index (χ1v) is 7.26. The van der Waals surface area contributed by atoms with E-state index in [0.717, 1.165) is 53.6 Å². The summed E-state index contributed by atoms with van der Waals surface area (Å²) in [5.74, 6) is -0.0874. The van der Waals surface area contributed by atoms with E-state index in [1.165, 1.54) is 6.92 Å². The van der Waals surface area contributed by atoms with Crippen LogP contribution in [0.25, 0.3) is 11.1 Å². The summed E-state index contributed by atoms with van der Waals surface area (Å²) in [5, 5.41) is 2.80. The van der Waals surface area contributed by atoms with Gasteiger partial charge in [-0.25, -0.2) is 0 Å². The number of rotatable bonds is 2. The summed E-state index contributed by atoms with van der Waals surface area (Å²) in [6.45, 7) is 1.49. The Bertz CT molecular complexity index is 747. The number of carbonyl (C=O) groups is 1. The van der Waals surface area contributed by atoms with Crippen molar-refractivity contribution in [1.29, 1.82) is 0 Å². The Morgan fingerprint density at radius 2 is 1.95 bits per heavy atom. The number of aromatic nitrogens is 1. The van der Waals surface area contributed by atoms with E-state index in [0.29, 0.717) is 0 Å². The van der Waals surface area contributed by atoms with Gasteiger partial charge >= 0.3 is 0 Å². The molecular formula is C17H18N2O2. The van der Waals surface area contributed by atoms with E-state index >= 15 is 0 Å². The molecule has 3 rings (SSSR count). The number of amides is 1. The second kappa shape index (κ2) is 5.56. The maximum absolute atomic E-state index is 11.9. The van der Waals surface area contributed by atoms with Gasteiger partial charge in [0.2, 0.25) is 5.91 Å². The van der Waals surface area contributed by atoms with E-state index in [-0.39, 0.29) is 11.5 Å². The largest absolute Gasteiger partial charge is 0.328 e. The molecule has 0 atom stereocenters. The average Bonchev–Trinajstić information content (AvgIpc) is 2.47. The quantitative estimate of drug-likeness (QED) is 0.889. The van der Waals surface area contributed by atoms with Crippen molar-refractivity contribution in [3.05, 3.63) is 51.9 Å². The Labute approximate surface area is 123 Å². The highest BCUT2D eigenvalue weighted by Gasteiger charge is 2.17. The summed E-state index contributed by atoms with van der Waals surface area (Å²) in [6.07, 6.45) is 5.78. The number of anilines is 1. The summed E-state index contributed by atoms with van der Waals surface area (Å²) in [4.78, 5) is 26.0. The molecule has 0 spiro atoms. The van der Waals surface area contributed by atoms with Crippen molar-refractivity contribution in [2.75, 3.05) is 5.32 Å². The van der Waals surface area contributed by atoms with Crippen molar-refractivity contribution < 1.29 is 4.79 Å². The number of pyridine rings is 1. The van der Waals surface area contributed by atoms with E-state index < -0.39 is 0 Å². The van der Waals surface area contributed by atoms with Crippen LogP contribution in [0.15, 0.2) is 35.3 Å². The molecule has 4 nitrogen and oxygen atoms in total. The van der Waals surface area contributed by atoms with Crippen LogP contribution in [0.4, 0.5) is 5.69 Å². The summed E-state index contributed by atoms with van der Waals surface area (Å²) in [6, 6.07) is 7.74. The molecule has 0 fully saturated rings. The zero-order chi connectivity index (χ0) is 14.8. The number of nitrogens with one attached hydrogen (secondary N) is 2. The third kappa shape index (κ3) is 2.75. The minimum atomic E-state index is -0.0874. The minimum absolute atomic E-state index is 0.0338. The van der Waals surface area contributed by atoms with Crippen molar-refractivity contribution in [3.63, 3.8) is 0 Å². The van der Waals surface area contributed by atoms with Crippen molar-refractivity contribution in [1.82, 2.24) is 4.98 Å². The second-order valence-corrected chi connectivity index (χ2v) is 5.46. The third-order valence-electron chi connectivity index (χ3n) is 3.91. The Morgan fingerprint density at radius 3 is 2.71 bits per heavy atom. The van der Waals surface area contributed by atoms with Crippen LogP contribution < -0.4 is 10.9 Å². The molecule has 0 bridgehead atoms. The number of H-pyrrole nitrogens is 1. The van der Waals surface area contributed by atoms with Crippen molar-refractivity contribution >= 4 is 11.6 Å². The van der Waals surface area contributed by atoms with Gasteiger partial charge in [0, 0.05) is 29.9 Å². The molecule has 4 heteroatoms. The predicted octanol–water partition coefficient (Wildman–Crippen LogP) is 2.88. The van der Waals surface area contributed by atoms with Gasteiger partial charge in [-0.05, 0) is 48.9 Å². The standard InChI is InChI=1S/C17H18N2O2/c1-11(20)19-13-6-4-5-12(9-13)16-10-18-17(21)15-8-3-2-7-14(15)16/h4-6,9-10H,2-3,7-8H2,1H3,(H,18,21)(H,19,20). The van der Waals surface area contributed by atoms with Crippen LogP contribution in [0.5, 0.6) is 0 Å². The van der Waals surface area contributed by atoms with Crippen LogP contribution in [-0.2, 0) is 17.6 Å². The van der Waals surface area contributed by atoms with Crippen LogP contribution in [-0.4, -0.2) is 10.9 Å². The number of benzene rings is 1. The lowest BCUT2D eigenvalue weighted by atomic mass is 9.87. The minimum Gasteiger partial charge on any atom is -0.328 e. The average molecular weight is 282 g/mol. The normalized spacial score (nSPS) is 13.6. The van der Waals surface area contributed by atoms with Crippen molar-refractivity contribution in [2.24, 2.45) is 0 Å². The van der Waals surface area contributed by atoms with Gasteiger partial charge in [0.1, 0.15) is 0 Å². The predicted molar refractivity (Wildman–Crippen MR) is 83.4 cm³/mol. The van der Waals surface area contributed by atoms with E-state index in [9.17, 15) is 9.59 Å². The van der Waals surface area contributed by atoms with E-state index in [2.05, 4.69) is 10.3 Å². The van der Waals surface area contributed by atoms with E-state index in [1.807, 2.05) is 24.3 Å². The lowest BCUT2D eigenvalue weighted by molar-refractivity contribution is -0.114. The topological polar surface area (TPSA) is 62.0 Å². The van der Waals surface area contributed by atoms with E-state index in [4.69, 9.17) is 0 Å². The number of hydrogen-bond acceptors (Lipinski definition) is 2. The highest BCUT2D eigenvalue weighted by atomic mass is 16.1. The lowest BCUT2D eigenvalue weighted by Crippen LogP contribution is -2.19. The molecule has 2 N–H and O–H groups in total. The molecular weight excluding hydrogens is 264 g/mol. The molecule has 0 aliphatic heterocycles. The first-order valence-electron chi connectivity index (χ1n) is 7.26. The zero-order valence-electron chi connectivity index (χ0n) is 12.0. The lowest BCUT2D eigenvalue weighted by Gasteiger charge is -2.18. The van der Waals surface area contributed by atoms with Gasteiger partial charge < -0.3 is 10.3 Å². The van der Waals surface area contributed by atoms with Gasteiger partial charge in [0.25, 0.3) is 5.56 Å². The van der Waals surface area contributed by atoms with Gasteiger partial charge in [-0.2, -0.15) is 0 Å². The van der Waals surface area contributed by atoms with Crippen LogP contribution in [0.1, 0.15) is 30.9 Å². The molecule has 0 unspecified atom stereocenters. The second-order valence-electron chi connectivity index (χ2n) is 5.46. The Balaban J connectivity index is 2.08. The maximum Gasteiger partial charge on any atom is 0.251 e. The highest BCUT2D eigenvalue weighted by molar-refractivity contribution is 5.89. The summed E-state index contributed by atoms with van der Waals surface area (Å²) in [5.41, 5.74) is 4.98. The molecule has 0 radical (unpaired) electrons. The molecule has 1 aromatic heterocycles. The highest BCUT2D eigenvalue weighted by Crippen LogP contribution is 2.30. The van der Waals surface area contributed by atoms with Gasteiger partial charge in [0.05, 0.1) is 0 Å². The number of carbonyl (C=O) groups excluding carboxylic acids is 1. The van der Waals surface area contributed by atoms with Crippen molar-refractivity contribution in [3.8, 4) is 11.1 Å². The fraction of sp³-hybridized carbons (Fsp3) is 0.294. The van der Waals surface area contributed by atoms with Crippen molar-refractivity contribution in [2.45, 2.75) is 32.6 Å². The molecule has 1 aliphatic rings. The van der Waals surface area contributed by atoms with Gasteiger partial charge in [-0.1, -0.05) is 12.1 Å². The fourth-order valence-electron chi connectivity index (χ4n) is 2.99. The van der Waals surface area contributed by atoms with Gasteiger partial charge in [-0.15, -0.1) is 0 Å². The van der Waals surface area contributed by atoms with Crippen LogP contribution in [0.3, 0.4) is 0 Å². The first-order chi connectivity index (χ1) is 10.1. The number of hydrogen-bond donors (Lipinski definition) is 2. The van der Waals surface area contributed by atoms with Crippen LogP contribution >= 0.6 is 0 Å². The number of aromatic amines is 1. The third-order valence-corrected chi connectivity index (χ3v) is 3.91. The molecule has 1 aromatic carbocycles. The summed E-state index contributed by atoms with van der Waals surface area (Å²) >= 11 is 0. The van der Waals surface area contributed by atoms with Gasteiger partial charge in [-0.3, -0.25) is 9.59 Å². The summed E-state index contributed by atoms with van der Waals surface area (Å²) < 4.78 is 0. The molecule has 108 valence electrons. The molecule has 1 heterocycles. The smallest absolute Gasteiger partial charge is 0.251 e. The zero-order valence-corrected chi connectivity index (χ0v) is 12.0. The Kier molecular flexibility index (Phi) is 3.60. The molecule has 0 saturated heterocycles. The molecule has 0 saturated carbocycles. The molecule has 1 aliphatic carbocycles. The number of fused-ring (bicyclic) bond motifs is 1. The van der Waals surface area contributed by atoms with E-state index in [1.54, 1.807) is 6.20 Å². The Hall–Kier alpha value is -2.36. The molecule has 1 amide bonds. The molecule has 21 heavy (non-hydrogen) atoms. The fourth-order valence-corrected chi connectivity index (χ4v) is 2.99.